The van der Waals surface area contributed by atoms with E-state index >= 15 is 0 Å². The fourth-order valence-electron chi connectivity index (χ4n) is 2.71. The number of nitrogens with one attached hydrogen (secondary N) is 1. The maximum absolute atomic E-state index is 13.6. The van der Waals surface area contributed by atoms with Crippen LogP contribution in [0.15, 0.2) is 64.9 Å². The van der Waals surface area contributed by atoms with Crippen molar-refractivity contribution in [1.29, 1.82) is 0 Å². The summed E-state index contributed by atoms with van der Waals surface area (Å²) in [6.07, 6.45) is 0. The van der Waals surface area contributed by atoms with Gasteiger partial charge < -0.3 is 5.32 Å². The van der Waals surface area contributed by atoms with Gasteiger partial charge in [0.25, 0.3) is 5.91 Å². The van der Waals surface area contributed by atoms with Crippen molar-refractivity contribution in [1.82, 2.24) is 5.32 Å². The predicted octanol–water partition coefficient (Wildman–Crippen LogP) is 4.28. The summed E-state index contributed by atoms with van der Waals surface area (Å²) in [4.78, 5) is 12.8. The Balaban J connectivity index is 1.89. The highest BCUT2D eigenvalue weighted by Gasteiger charge is 2.31. The summed E-state index contributed by atoms with van der Waals surface area (Å²) in [5.74, 6) is -1.63. The number of thiophene rings is 1. The minimum atomic E-state index is -3.89. The molecule has 0 saturated carbocycles. The van der Waals surface area contributed by atoms with Gasteiger partial charge in [0.2, 0.25) is 0 Å². The van der Waals surface area contributed by atoms with Crippen LogP contribution in [-0.2, 0) is 9.84 Å². The van der Waals surface area contributed by atoms with Crippen molar-refractivity contribution in [3.63, 3.8) is 0 Å². The Labute approximate surface area is 165 Å². The summed E-state index contributed by atoms with van der Waals surface area (Å²) in [6, 6.07) is 12.1. The molecule has 0 aliphatic rings. The summed E-state index contributed by atoms with van der Waals surface area (Å²) in [6.45, 7) is 1.29. The molecule has 0 aliphatic heterocycles. The van der Waals surface area contributed by atoms with Gasteiger partial charge in [-0.2, -0.15) is 0 Å². The highest BCUT2D eigenvalue weighted by molar-refractivity contribution is 7.91. The van der Waals surface area contributed by atoms with Crippen LogP contribution in [0.3, 0.4) is 0 Å². The first-order valence-electron chi connectivity index (χ1n) is 8.36. The molecule has 0 bridgehead atoms. The highest BCUT2D eigenvalue weighted by atomic mass is 32.2. The van der Waals surface area contributed by atoms with Crippen molar-refractivity contribution in [3.8, 4) is 0 Å². The molecular formula is C20H17F2NO3S2. The first kappa shape index (κ1) is 20.2. The highest BCUT2D eigenvalue weighted by Crippen LogP contribution is 2.32. The average molecular weight is 421 g/mol. The van der Waals surface area contributed by atoms with Crippen molar-refractivity contribution in [2.45, 2.75) is 17.1 Å². The summed E-state index contributed by atoms with van der Waals surface area (Å²) < 4.78 is 53.2. The topological polar surface area (TPSA) is 63.2 Å². The van der Waals surface area contributed by atoms with Gasteiger partial charge in [0, 0.05) is 17.0 Å². The number of amides is 1. The van der Waals surface area contributed by atoms with Gasteiger partial charge in [-0.15, -0.1) is 11.3 Å². The molecule has 0 fully saturated rings. The van der Waals surface area contributed by atoms with Gasteiger partial charge in [0.05, 0.1) is 4.90 Å². The molecule has 0 radical (unpaired) electrons. The number of hydrogen-bond acceptors (Lipinski definition) is 4. The number of carbonyl (C=O) groups excluding carboxylic acids is 1. The Morgan fingerprint density at radius 2 is 1.89 bits per heavy atom. The van der Waals surface area contributed by atoms with E-state index in [0.717, 1.165) is 12.1 Å². The quantitative estimate of drug-likeness (QED) is 0.605. The van der Waals surface area contributed by atoms with Crippen LogP contribution >= 0.6 is 11.3 Å². The zero-order valence-corrected chi connectivity index (χ0v) is 16.5. The summed E-state index contributed by atoms with van der Waals surface area (Å²) in [5.41, 5.74) is 0.315. The normalized spacial score (nSPS) is 12.5. The Hall–Kier alpha value is -2.58. The van der Waals surface area contributed by atoms with Gasteiger partial charge in [-0.05, 0) is 60.3 Å². The number of benzene rings is 2. The average Bonchev–Trinajstić information content (AvgIpc) is 3.18. The lowest BCUT2D eigenvalue weighted by Gasteiger charge is -2.18. The molecule has 0 spiro atoms. The Bertz CT molecular complexity index is 1100. The van der Waals surface area contributed by atoms with Gasteiger partial charge in [-0.3, -0.25) is 4.79 Å². The molecule has 28 heavy (non-hydrogen) atoms. The van der Waals surface area contributed by atoms with E-state index in [0.29, 0.717) is 4.88 Å². The molecule has 146 valence electrons. The zero-order valence-electron chi connectivity index (χ0n) is 14.9. The second-order valence-corrected chi connectivity index (χ2v) is 9.29. The van der Waals surface area contributed by atoms with Crippen LogP contribution < -0.4 is 5.32 Å². The lowest BCUT2D eigenvalue weighted by molar-refractivity contribution is 0.0953. The van der Waals surface area contributed by atoms with Gasteiger partial charge in [0.1, 0.15) is 16.9 Å². The standard InChI is InChI=1S/C20H17F2NO3S2/c1-13-10-16(7-8-17(13)22)28(25,26)19(18-6-3-9-27-18)12-23-20(24)14-4-2-5-15(21)11-14/h2-11,19H,12H2,1H3,(H,23,24)/t19-/m0/s1. The van der Waals surface area contributed by atoms with E-state index in [-0.39, 0.29) is 22.6 Å². The van der Waals surface area contributed by atoms with Gasteiger partial charge in [-0.1, -0.05) is 12.1 Å². The molecule has 3 aromatic rings. The molecular weight excluding hydrogens is 404 g/mol. The van der Waals surface area contributed by atoms with Crippen molar-refractivity contribution in [2.24, 2.45) is 0 Å². The molecule has 0 unspecified atom stereocenters. The maximum Gasteiger partial charge on any atom is 0.251 e. The molecule has 1 atom stereocenters. The van der Waals surface area contributed by atoms with Gasteiger partial charge >= 0.3 is 0 Å². The van der Waals surface area contributed by atoms with Crippen molar-refractivity contribution < 1.29 is 22.0 Å². The minimum Gasteiger partial charge on any atom is -0.350 e. The Morgan fingerprint density at radius 1 is 1.11 bits per heavy atom. The first-order valence-corrected chi connectivity index (χ1v) is 10.8. The van der Waals surface area contributed by atoms with Gasteiger partial charge in [-0.25, -0.2) is 17.2 Å². The molecule has 3 rings (SSSR count). The van der Waals surface area contributed by atoms with E-state index in [9.17, 15) is 22.0 Å². The smallest absolute Gasteiger partial charge is 0.251 e. The van der Waals surface area contributed by atoms with E-state index in [2.05, 4.69) is 5.32 Å². The van der Waals surface area contributed by atoms with Crippen LogP contribution in [0.5, 0.6) is 0 Å². The summed E-state index contributed by atoms with van der Waals surface area (Å²) in [7, 11) is -3.89. The van der Waals surface area contributed by atoms with Gasteiger partial charge in [0.15, 0.2) is 9.84 Å². The molecule has 4 nitrogen and oxygen atoms in total. The van der Waals surface area contributed by atoms with Crippen LogP contribution in [-0.4, -0.2) is 20.9 Å². The van der Waals surface area contributed by atoms with E-state index in [1.54, 1.807) is 17.5 Å². The molecule has 0 aliphatic carbocycles. The number of aryl methyl sites for hydroxylation is 1. The van der Waals surface area contributed by atoms with Crippen molar-refractivity contribution in [3.05, 3.63) is 87.6 Å². The minimum absolute atomic E-state index is 0.0233. The monoisotopic (exact) mass is 421 g/mol. The number of carbonyl (C=O) groups is 1. The molecule has 1 amide bonds. The lowest BCUT2D eigenvalue weighted by atomic mass is 10.2. The molecule has 2 aromatic carbocycles. The van der Waals surface area contributed by atoms with E-state index in [4.69, 9.17) is 0 Å². The van der Waals surface area contributed by atoms with Crippen molar-refractivity contribution >= 4 is 27.1 Å². The fraction of sp³-hybridized carbons (Fsp3) is 0.150. The maximum atomic E-state index is 13.6. The largest absolute Gasteiger partial charge is 0.350 e. The second-order valence-electron chi connectivity index (χ2n) is 6.18. The predicted molar refractivity (Wildman–Crippen MR) is 104 cm³/mol. The number of sulfone groups is 1. The van der Waals surface area contributed by atoms with E-state index in [1.165, 1.54) is 48.6 Å². The van der Waals surface area contributed by atoms with Crippen LogP contribution in [0.4, 0.5) is 8.78 Å². The molecule has 8 heteroatoms. The van der Waals surface area contributed by atoms with Crippen LogP contribution in [0.1, 0.15) is 26.0 Å². The van der Waals surface area contributed by atoms with E-state index < -0.39 is 32.6 Å². The van der Waals surface area contributed by atoms with Crippen LogP contribution in [0, 0.1) is 18.6 Å². The number of halogens is 2. The fourth-order valence-corrected chi connectivity index (χ4v) is 5.58. The SMILES string of the molecule is Cc1cc(S(=O)(=O)[C@@H](CNC(=O)c2cccc(F)c2)c2cccs2)ccc1F. The van der Waals surface area contributed by atoms with Crippen LogP contribution in [0.2, 0.25) is 0 Å². The molecule has 1 aromatic heterocycles. The summed E-state index contributed by atoms with van der Waals surface area (Å²) >= 11 is 1.25. The Morgan fingerprint density at radius 3 is 2.54 bits per heavy atom. The number of rotatable bonds is 6. The first-order chi connectivity index (χ1) is 13.3. The second kappa shape index (κ2) is 8.20. The summed E-state index contributed by atoms with van der Waals surface area (Å²) in [5, 5.41) is 3.26. The third-order valence-corrected chi connectivity index (χ3v) is 7.44. The van der Waals surface area contributed by atoms with Crippen LogP contribution in [0.25, 0.3) is 0 Å². The molecule has 0 saturated heterocycles. The zero-order chi connectivity index (χ0) is 20.3. The molecule has 1 N–H and O–H groups in total. The number of hydrogen-bond donors (Lipinski definition) is 1. The Kier molecular flexibility index (Phi) is 5.90. The third-order valence-electron chi connectivity index (χ3n) is 4.23. The third kappa shape index (κ3) is 4.28. The van der Waals surface area contributed by atoms with Crippen molar-refractivity contribution in [2.75, 3.05) is 6.54 Å². The molecule has 1 heterocycles. The lowest BCUT2D eigenvalue weighted by Crippen LogP contribution is -2.31. The van der Waals surface area contributed by atoms with E-state index in [1.807, 2.05) is 0 Å².